The van der Waals surface area contributed by atoms with Gasteiger partial charge in [0.2, 0.25) is 5.91 Å². The molecule has 2 amide bonds. The highest BCUT2D eigenvalue weighted by Gasteiger charge is 2.37. The Kier molecular flexibility index (Phi) is 4.24. The Hall–Kier alpha value is -2.08. The molecule has 0 aromatic heterocycles. The molecule has 20 heavy (non-hydrogen) atoms. The van der Waals surface area contributed by atoms with E-state index < -0.39 is 18.4 Å². The van der Waals surface area contributed by atoms with Gasteiger partial charge in [0.05, 0.1) is 11.7 Å². The summed E-state index contributed by atoms with van der Waals surface area (Å²) in [5.41, 5.74) is 7.56. The highest BCUT2D eigenvalue weighted by Crippen LogP contribution is 2.33. The number of carbonyl (C=O) groups excluding carboxylic acids is 2. The van der Waals surface area contributed by atoms with Crippen molar-refractivity contribution in [2.75, 3.05) is 11.9 Å². The van der Waals surface area contributed by atoms with Crippen molar-refractivity contribution in [1.29, 1.82) is 0 Å². The van der Waals surface area contributed by atoms with Gasteiger partial charge in [0.1, 0.15) is 0 Å². The van der Waals surface area contributed by atoms with Gasteiger partial charge in [-0.25, -0.2) is 4.79 Å². The maximum Gasteiger partial charge on any atom is 0.408 e. The number of ether oxygens (including phenoxy) is 1. The van der Waals surface area contributed by atoms with Crippen LogP contribution < -0.4 is 16.0 Å². The lowest BCUT2D eigenvalue weighted by Crippen LogP contribution is -2.49. The molecule has 2 atom stereocenters. The molecule has 2 rings (SSSR count). The molecule has 6 heteroatoms. The van der Waals surface area contributed by atoms with Gasteiger partial charge in [-0.15, -0.1) is 0 Å². The SMILES string of the molecule is CC[C@H](N)C(=O)N1c2ccccc2C[C@@H]1OC(=O)NC. The van der Waals surface area contributed by atoms with Crippen LogP contribution in [0.15, 0.2) is 24.3 Å². The van der Waals surface area contributed by atoms with Gasteiger partial charge in [-0.3, -0.25) is 9.69 Å². The van der Waals surface area contributed by atoms with Crippen molar-refractivity contribution in [3.63, 3.8) is 0 Å². The van der Waals surface area contributed by atoms with Crippen molar-refractivity contribution in [3.8, 4) is 0 Å². The third-order valence-corrected chi connectivity index (χ3v) is 3.38. The number of carbonyl (C=O) groups is 2. The molecule has 0 fully saturated rings. The average molecular weight is 277 g/mol. The first kappa shape index (κ1) is 14.3. The van der Waals surface area contributed by atoms with Crippen LogP contribution in [0.25, 0.3) is 0 Å². The summed E-state index contributed by atoms with van der Waals surface area (Å²) in [7, 11) is 1.48. The number of nitrogens with two attached hydrogens (primary N) is 1. The molecule has 1 aliphatic rings. The number of amides is 2. The monoisotopic (exact) mass is 277 g/mol. The standard InChI is InChI=1S/C14H19N3O3/c1-3-10(15)13(18)17-11-7-5-4-6-9(11)8-12(17)20-14(19)16-2/h4-7,10,12H,3,8,15H2,1-2H3,(H,16,19)/t10-,12-/m0/s1. The lowest BCUT2D eigenvalue weighted by molar-refractivity contribution is -0.121. The summed E-state index contributed by atoms with van der Waals surface area (Å²) in [6.07, 6.45) is -0.196. The third kappa shape index (κ3) is 2.60. The van der Waals surface area contributed by atoms with E-state index in [9.17, 15) is 9.59 Å². The molecule has 0 saturated heterocycles. The highest BCUT2D eigenvalue weighted by atomic mass is 16.6. The molecule has 1 aromatic rings. The van der Waals surface area contributed by atoms with Gasteiger partial charge in [-0.1, -0.05) is 25.1 Å². The molecule has 1 aromatic carbocycles. The molecular formula is C14H19N3O3. The second-order valence-electron chi connectivity index (χ2n) is 4.67. The van der Waals surface area contributed by atoms with E-state index in [0.29, 0.717) is 12.8 Å². The number of fused-ring (bicyclic) bond motifs is 1. The fourth-order valence-corrected chi connectivity index (χ4v) is 2.24. The zero-order valence-electron chi connectivity index (χ0n) is 11.6. The molecule has 0 radical (unpaired) electrons. The zero-order valence-corrected chi connectivity index (χ0v) is 11.6. The molecule has 1 aliphatic heterocycles. The number of rotatable bonds is 3. The van der Waals surface area contributed by atoms with Gasteiger partial charge in [-0.2, -0.15) is 0 Å². The van der Waals surface area contributed by atoms with Gasteiger partial charge in [0, 0.05) is 13.5 Å². The molecule has 1 heterocycles. The zero-order chi connectivity index (χ0) is 14.7. The van der Waals surface area contributed by atoms with Gasteiger partial charge < -0.3 is 15.8 Å². The first-order valence-corrected chi connectivity index (χ1v) is 6.63. The Labute approximate surface area is 117 Å². The van der Waals surface area contributed by atoms with Gasteiger partial charge >= 0.3 is 6.09 Å². The summed E-state index contributed by atoms with van der Waals surface area (Å²) in [5.74, 6) is -0.230. The fourth-order valence-electron chi connectivity index (χ4n) is 2.24. The minimum Gasteiger partial charge on any atom is -0.425 e. The van der Waals surface area contributed by atoms with Crippen LogP contribution in [0, 0.1) is 0 Å². The summed E-state index contributed by atoms with van der Waals surface area (Å²) in [6.45, 7) is 1.85. The second-order valence-corrected chi connectivity index (χ2v) is 4.67. The lowest BCUT2D eigenvalue weighted by Gasteiger charge is -2.27. The van der Waals surface area contributed by atoms with Crippen LogP contribution in [0.3, 0.4) is 0 Å². The van der Waals surface area contributed by atoms with Crippen molar-refractivity contribution in [1.82, 2.24) is 5.32 Å². The van der Waals surface area contributed by atoms with Crippen molar-refractivity contribution in [3.05, 3.63) is 29.8 Å². The van der Waals surface area contributed by atoms with E-state index in [2.05, 4.69) is 5.32 Å². The number of anilines is 1. The highest BCUT2D eigenvalue weighted by molar-refractivity contribution is 5.99. The van der Waals surface area contributed by atoms with Crippen LogP contribution in [-0.4, -0.2) is 31.3 Å². The Balaban J connectivity index is 2.30. The first-order valence-electron chi connectivity index (χ1n) is 6.63. The van der Waals surface area contributed by atoms with Crippen LogP contribution in [0.1, 0.15) is 18.9 Å². The summed E-state index contributed by atoms with van der Waals surface area (Å²) < 4.78 is 5.27. The van der Waals surface area contributed by atoms with Gasteiger partial charge in [-0.05, 0) is 18.1 Å². The molecule has 6 nitrogen and oxygen atoms in total. The molecule has 0 aliphatic carbocycles. The van der Waals surface area contributed by atoms with Crippen molar-refractivity contribution in [2.45, 2.75) is 32.0 Å². The topological polar surface area (TPSA) is 84.7 Å². The number of nitrogens with zero attached hydrogens (tertiary/aromatic N) is 1. The summed E-state index contributed by atoms with van der Waals surface area (Å²) in [5, 5.41) is 2.39. The molecule has 0 unspecified atom stereocenters. The summed E-state index contributed by atoms with van der Waals surface area (Å²) >= 11 is 0. The van der Waals surface area contributed by atoms with Crippen molar-refractivity contribution < 1.29 is 14.3 Å². The smallest absolute Gasteiger partial charge is 0.408 e. The third-order valence-electron chi connectivity index (χ3n) is 3.38. The predicted octanol–water partition coefficient (Wildman–Crippen LogP) is 0.995. The van der Waals surface area contributed by atoms with Crippen LogP contribution in [0.4, 0.5) is 10.5 Å². The normalized spacial score (nSPS) is 18.4. The number of hydrogen-bond donors (Lipinski definition) is 2. The first-order chi connectivity index (χ1) is 9.58. The Morgan fingerprint density at radius 2 is 2.20 bits per heavy atom. The van der Waals surface area contributed by atoms with Crippen molar-refractivity contribution >= 4 is 17.7 Å². The summed E-state index contributed by atoms with van der Waals surface area (Å²) in [4.78, 5) is 25.3. The van der Waals surface area contributed by atoms with Crippen LogP contribution in [0.2, 0.25) is 0 Å². The van der Waals surface area contributed by atoms with E-state index in [4.69, 9.17) is 10.5 Å². The number of alkyl carbamates (subject to hydrolysis) is 1. The largest absolute Gasteiger partial charge is 0.425 e. The molecule has 0 saturated carbocycles. The van der Waals surface area contributed by atoms with Gasteiger partial charge in [0.25, 0.3) is 0 Å². The van der Waals surface area contributed by atoms with Gasteiger partial charge in [0.15, 0.2) is 6.23 Å². The number of hydrogen-bond acceptors (Lipinski definition) is 4. The van der Waals surface area contributed by atoms with Crippen LogP contribution in [-0.2, 0) is 16.0 Å². The Bertz CT molecular complexity index is 518. The molecule has 3 N–H and O–H groups in total. The van der Waals surface area contributed by atoms with E-state index in [1.165, 1.54) is 11.9 Å². The van der Waals surface area contributed by atoms with E-state index in [0.717, 1.165) is 11.3 Å². The van der Waals surface area contributed by atoms with E-state index >= 15 is 0 Å². The maximum atomic E-state index is 12.4. The van der Waals surface area contributed by atoms with E-state index in [1.807, 2.05) is 31.2 Å². The van der Waals surface area contributed by atoms with Crippen molar-refractivity contribution in [2.24, 2.45) is 5.73 Å². The molecule has 0 bridgehead atoms. The second kappa shape index (κ2) is 5.92. The Morgan fingerprint density at radius 1 is 1.50 bits per heavy atom. The lowest BCUT2D eigenvalue weighted by atomic mass is 10.1. The summed E-state index contributed by atoms with van der Waals surface area (Å²) in [6, 6.07) is 6.89. The average Bonchev–Trinajstić information content (AvgIpc) is 2.83. The molecule has 108 valence electrons. The maximum absolute atomic E-state index is 12.4. The predicted molar refractivity (Wildman–Crippen MR) is 75.2 cm³/mol. The van der Waals surface area contributed by atoms with E-state index in [-0.39, 0.29) is 5.91 Å². The molecular weight excluding hydrogens is 258 g/mol. The number of benzene rings is 1. The minimum absolute atomic E-state index is 0.230. The molecule has 0 spiro atoms. The number of nitrogens with one attached hydrogen (secondary N) is 1. The quantitative estimate of drug-likeness (QED) is 0.863. The van der Waals surface area contributed by atoms with Crippen LogP contribution in [0.5, 0.6) is 0 Å². The minimum atomic E-state index is -0.641. The van der Waals surface area contributed by atoms with Crippen LogP contribution >= 0.6 is 0 Å². The fraction of sp³-hybridized carbons (Fsp3) is 0.429. The van der Waals surface area contributed by atoms with E-state index in [1.54, 1.807) is 0 Å². The Morgan fingerprint density at radius 3 is 2.85 bits per heavy atom. The number of para-hydroxylation sites is 1.